The van der Waals surface area contributed by atoms with E-state index in [9.17, 15) is 4.79 Å². The average Bonchev–Trinajstić information content (AvgIpc) is 2.83. The van der Waals surface area contributed by atoms with E-state index in [2.05, 4.69) is 77.1 Å². The van der Waals surface area contributed by atoms with Crippen molar-refractivity contribution in [2.45, 2.75) is 33.6 Å². The Balaban J connectivity index is 1.83. The molecule has 0 N–H and O–H groups in total. The molecule has 1 saturated heterocycles. The summed E-state index contributed by atoms with van der Waals surface area (Å²) >= 11 is 2.31. The van der Waals surface area contributed by atoms with Gasteiger partial charge in [0.2, 0.25) is 0 Å². The number of hydrogen-bond acceptors (Lipinski definition) is 2. The van der Waals surface area contributed by atoms with Gasteiger partial charge in [0.15, 0.2) is 5.78 Å². The molecule has 1 aliphatic rings. The molecule has 0 spiro atoms. The number of aromatic nitrogens is 1. The number of aryl methyl sites for hydroxylation is 1. The molecule has 1 atom stereocenters. The number of halogens is 1. The first-order chi connectivity index (χ1) is 11.5. The number of benzene rings is 1. The summed E-state index contributed by atoms with van der Waals surface area (Å²) in [6.45, 7) is 9.04. The molecule has 1 fully saturated rings. The molecule has 24 heavy (non-hydrogen) atoms. The van der Waals surface area contributed by atoms with Gasteiger partial charge in [0.05, 0.1) is 6.54 Å². The Hall–Kier alpha value is -1.14. The van der Waals surface area contributed by atoms with E-state index in [-0.39, 0.29) is 5.78 Å². The molecule has 0 saturated carbocycles. The first kappa shape index (κ1) is 17.7. The molecule has 0 radical (unpaired) electrons. The standard InChI is InChI=1S/C20H25IN2O/c1-14-5-4-10-22(12-14)13-20(24)19-11-15(2)23(16(19)3)18-8-6-17(21)7-9-18/h6-9,11,14H,4-5,10,12-13H2,1-3H3. The minimum absolute atomic E-state index is 0.244. The van der Waals surface area contributed by atoms with Crippen LogP contribution in [0.25, 0.3) is 5.69 Å². The normalized spacial score (nSPS) is 18.8. The lowest BCUT2D eigenvalue weighted by Crippen LogP contribution is -2.38. The van der Waals surface area contributed by atoms with Crippen LogP contribution in [0.2, 0.25) is 0 Å². The van der Waals surface area contributed by atoms with E-state index < -0.39 is 0 Å². The maximum atomic E-state index is 12.8. The molecule has 1 aromatic carbocycles. The van der Waals surface area contributed by atoms with Crippen molar-refractivity contribution < 1.29 is 4.79 Å². The quantitative estimate of drug-likeness (QED) is 0.517. The monoisotopic (exact) mass is 436 g/mol. The van der Waals surface area contributed by atoms with Crippen LogP contribution in [0.15, 0.2) is 30.3 Å². The number of carbonyl (C=O) groups is 1. The van der Waals surface area contributed by atoms with Crippen LogP contribution >= 0.6 is 22.6 Å². The van der Waals surface area contributed by atoms with E-state index in [0.29, 0.717) is 12.5 Å². The number of hydrogen-bond donors (Lipinski definition) is 0. The largest absolute Gasteiger partial charge is 0.318 e. The zero-order valence-electron chi connectivity index (χ0n) is 14.7. The summed E-state index contributed by atoms with van der Waals surface area (Å²) in [5, 5.41) is 0. The first-order valence-corrected chi connectivity index (χ1v) is 9.74. The van der Waals surface area contributed by atoms with Gasteiger partial charge < -0.3 is 4.57 Å². The van der Waals surface area contributed by atoms with Crippen LogP contribution in [0.3, 0.4) is 0 Å². The second-order valence-corrected chi connectivity index (χ2v) is 8.25. The summed E-state index contributed by atoms with van der Waals surface area (Å²) in [6, 6.07) is 10.5. The number of nitrogens with zero attached hydrogens (tertiary/aromatic N) is 2. The van der Waals surface area contributed by atoms with E-state index >= 15 is 0 Å². The van der Waals surface area contributed by atoms with Crippen LogP contribution in [0.4, 0.5) is 0 Å². The predicted octanol–water partition coefficient (Wildman–Crippen LogP) is 4.61. The zero-order valence-corrected chi connectivity index (χ0v) is 16.8. The van der Waals surface area contributed by atoms with Crippen molar-refractivity contribution in [1.82, 2.24) is 9.47 Å². The molecule has 3 rings (SSSR count). The fraction of sp³-hybridized carbons (Fsp3) is 0.450. The Morgan fingerprint density at radius 3 is 2.62 bits per heavy atom. The second kappa shape index (κ2) is 7.40. The van der Waals surface area contributed by atoms with Gasteiger partial charge in [-0.2, -0.15) is 0 Å². The highest BCUT2D eigenvalue weighted by Gasteiger charge is 2.22. The van der Waals surface area contributed by atoms with Gasteiger partial charge in [-0.1, -0.05) is 6.92 Å². The highest BCUT2D eigenvalue weighted by Crippen LogP contribution is 2.23. The van der Waals surface area contributed by atoms with E-state index in [1.165, 1.54) is 16.4 Å². The summed E-state index contributed by atoms with van der Waals surface area (Å²) in [4.78, 5) is 15.1. The molecule has 1 unspecified atom stereocenters. The van der Waals surface area contributed by atoms with Gasteiger partial charge >= 0.3 is 0 Å². The van der Waals surface area contributed by atoms with Crippen molar-refractivity contribution in [2.24, 2.45) is 5.92 Å². The van der Waals surface area contributed by atoms with E-state index in [1.54, 1.807) is 0 Å². The van der Waals surface area contributed by atoms with Crippen molar-refractivity contribution in [3.8, 4) is 5.69 Å². The minimum Gasteiger partial charge on any atom is -0.318 e. The smallest absolute Gasteiger partial charge is 0.178 e. The molecule has 128 valence electrons. The molecule has 2 aromatic rings. The second-order valence-electron chi connectivity index (χ2n) is 7.00. The van der Waals surface area contributed by atoms with E-state index in [0.717, 1.165) is 35.7 Å². The summed E-state index contributed by atoms with van der Waals surface area (Å²) in [6.07, 6.45) is 2.49. The van der Waals surface area contributed by atoms with Gasteiger partial charge in [-0.05, 0) is 92.1 Å². The van der Waals surface area contributed by atoms with Crippen LogP contribution in [0.1, 0.15) is 41.5 Å². The Bertz CT molecular complexity index is 733. The summed E-state index contributed by atoms with van der Waals surface area (Å²) in [7, 11) is 0. The Kier molecular flexibility index (Phi) is 5.45. The lowest BCUT2D eigenvalue weighted by Gasteiger charge is -2.30. The molecule has 2 heterocycles. The minimum atomic E-state index is 0.244. The van der Waals surface area contributed by atoms with Crippen molar-refractivity contribution in [3.63, 3.8) is 0 Å². The van der Waals surface area contributed by atoms with Crippen molar-refractivity contribution in [3.05, 3.63) is 50.9 Å². The van der Waals surface area contributed by atoms with Gasteiger partial charge in [-0.15, -0.1) is 0 Å². The highest BCUT2D eigenvalue weighted by molar-refractivity contribution is 14.1. The van der Waals surface area contributed by atoms with Gasteiger partial charge in [0.1, 0.15) is 0 Å². The number of ketones is 1. The third-order valence-corrected chi connectivity index (χ3v) is 5.64. The number of carbonyl (C=O) groups excluding carboxylic acids is 1. The number of piperidine rings is 1. The van der Waals surface area contributed by atoms with Gasteiger partial charge in [-0.3, -0.25) is 9.69 Å². The zero-order chi connectivity index (χ0) is 17.3. The molecular formula is C20H25IN2O. The highest BCUT2D eigenvalue weighted by atomic mass is 127. The molecule has 0 amide bonds. The fourth-order valence-electron chi connectivity index (χ4n) is 3.75. The average molecular weight is 436 g/mol. The SMILES string of the molecule is Cc1cc(C(=O)CN2CCCC(C)C2)c(C)n1-c1ccc(I)cc1. The number of rotatable bonds is 4. The summed E-state index contributed by atoms with van der Waals surface area (Å²) in [5.41, 5.74) is 4.15. The first-order valence-electron chi connectivity index (χ1n) is 8.66. The molecule has 3 nitrogen and oxygen atoms in total. The van der Waals surface area contributed by atoms with Crippen LogP contribution in [0.5, 0.6) is 0 Å². The Morgan fingerprint density at radius 1 is 1.25 bits per heavy atom. The van der Waals surface area contributed by atoms with E-state index in [1.807, 2.05) is 6.07 Å². The molecular weight excluding hydrogens is 411 g/mol. The number of Topliss-reactive ketones (excluding diaryl/α,β-unsaturated/α-hetero) is 1. The van der Waals surface area contributed by atoms with Crippen molar-refractivity contribution >= 4 is 28.4 Å². The lowest BCUT2D eigenvalue weighted by atomic mass is 9.99. The van der Waals surface area contributed by atoms with Crippen molar-refractivity contribution in [1.29, 1.82) is 0 Å². The van der Waals surface area contributed by atoms with Crippen LogP contribution in [-0.2, 0) is 0 Å². The molecule has 4 heteroatoms. The molecule has 1 aromatic heterocycles. The van der Waals surface area contributed by atoms with Crippen LogP contribution in [0, 0.1) is 23.3 Å². The third kappa shape index (κ3) is 3.75. The third-order valence-electron chi connectivity index (χ3n) is 4.92. The molecule has 0 bridgehead atoms. The van der Waals surface area contributed by atoms with E-state index in [4.69, 9.17) is 0 Å². The maximum Gasteiger partial charge on any atom is 0.178 e. The molecule has 0 aliphatic carbocycles. The van der Waals surface area contributed by atoms with Gasteiger partial charge in [0, 0.05) is 32.8 Å². The van der Waals surface area contributed by atoms with Crippen LogP contribution in [-0.4, -0.2) is 34.9 Å². The maximum absolute atomic E-state index is 12.8. The van der Waals surface area contributed by atoms with Crippen LogP contribution < -0.4 is 0 Å². The fourth-order valence-corrected chi connectivity index (χ4v) is 4.11. The predicted molar refractivity (Wildman–Crippen MR) is 107 cm³/mol. The lowest BCUT2D eigenvalue weighted by molar-refractivity contribution is 0.0892. The Labute approximate surface area is 158 Å². The van der Waals surface area contributed by atoms with Gasteiger partial charge in [0.25, 0.3) is 0 Å². The topological polar surface area (TPSA) is 25.2 Å². The summed E-state index contributed by atoms with van der Waals surface area (Å²) in [5.74, 6) is 0.944. The number of likely N-dealkylation sites (tertiary alicyclic amines) is 1. The van der Waals surface area contributed by atoms with Crippen molar-refractivity contribution in [2.75, 3.05) is 19.6 Å². The Morgan fingerprint density at radius 2 is 1.96 bits per heavy atom. The summed E-state index contributed by atoms with van der Waals surface area (Å²) < 4.78 is 3.40. The molecule has 1 aliphatic heterocycles. The van der Waals surface area contributed by atoms with Gasteiger partial charge in [-0.25, -0.2) is 0 Å².